The lowest BCUT2D eigenvalue weighted by molar-refractivity contribution is 0.102. The lowest BCUT2D eigenvalue weighted by atomic mass is 10.1. The van der Waals surface area contributed by atoms with Crippen molar-refractivity contribution < 1.29 is 9.53 Å². The van der Waals surface area contributed by atoms with Gasteiger partial charge in [0.05, 0.1) is 24.0 Å². The number of para-hydroxylation sites is 1. The molecule has 0 saturated carbocycles. The van der Waals surface area contributed by atoms with Crippen molar-refractivity contribution in [3.8, 4) is 5.75 Å². The van der Waals surface area contributed by atoms with Crippen molar-refractivity contribution in [3.63, 3.8) is 0 Å². The normalized spacial score (nSPS) is 9.94. The molecule has 88 valence electrons. The number of hydrogen-bond donors (Lipinski definition) is 2. The Hall–Kier alpha value is -2.01. The summed E-state index contributed by atoms with van der Waals surface area (Å²) in [4.78, 5) is 12.0. The summed E-state index contributed by atoms with van der Waals surface area (Å²) in [7, 11) is 1.52. The van der Waals surface area contributed by atoms with Gasteiger partial charge in [-0.1, -0.05) is 6.07 Å². The number of nitrogens with two attached hydrogens (primary N) is 1. The van der Waals surface area contributed by atoms with Gasteiger partial charge in [0.2, 0.25) is 0 Å². The first-order chi connectivity index (χ1) is 8.22. The molecular formula is C12H12N2O2S. The molecule has 2 aromatic rings. The van der Waals surface area contributed by atoms with E-state index < -0.39 is 0 Å². The number of methoxy groups -OCH3 is 1. The maximum atomic E-state index is 12.0. The van der Waals surface area contributed by atoms with Crippen LogP contribution in [0, 0.1) is 0 Å². The third kappa shape index (κ3) is 2.39. The SMILES string of the molecule is COc1cccc(C(=O)Nc2ccsc2)c1N. The molecular weight excluding hydrogens is 236 g/mol. The van der Waals surface area contributed by atoms with E-state index in [1.54, 1.807) is 18.2 Å². The summed E-state index contributed by atoms with van der Waals surface area (Å²) in [5, 5.41) is 6.52. The van der Waals surface area contributed by atoms with Crippen molar-refractivity contribution in [2.75, 3.05) is 18.2 Å². The summed E-state index contributed by atoms with van der Waals surface area (Å²) >= 11 is 1.52. The van der Waals surface area contributed by atoms with E-state index in [0.717, 1.165) is 5.69 Å². The lowest BCUT2D eigenvalue weighted by Gasteiger charge is -2.09. The van der Waals surface area contributed by atoms with Crippen molar-refractivity contribution in [2.45, 2.75) is 0 Å². The zero-order valence-electron chi connectivity index (χ0n) is 9.27. The van der Waals surface area contributed by atoms with Crippen LogP contribution in [0.1, 0.15) is 10.4 Å². The van der Waals surface area contributed by atoms with Crippen LogP contribution in [0.15, 0.2) is 35.0 Å². The Morgan fingerprint density at radius 1 is 1.41 bits per heavy atom. The van der Waals surface area contributed by atoms with E-state index in [4.69, 9.17) is 10.5 Å². The predicted molar refractivity (Wildman–Crippen MR) is 69.7 cm³/mol. The van der Waals surface area contributed by atoms with Crippen LogP contribution in [0.4, 0.5) is 11.4 Å². The summed E-state index contributed by atoms with van der Waals surface area (Å²) in [6, 6.07) is 6.95. The smallest absolute Gasteiger partial charge is 0.257 e. The number of benzene rings is 1. The Kier molecular flexibility index (Phi) is 3.30. The lowest BCUT2D eigenvalue weighted by Crippen LogP contribution is -2.14. The molecule has 3 N–H and O–H groups in total. The maximum Gasteiger partial charge on any atom is 0.257 e. The van der Waals surface area contributed by atoms with Gasteiger partial charge in [0.25, 0.3) is 5.91 Å². The number of thiophene rings is 1. The number of rotatable bonds is 3. The molecule has 0 bridgehead atoms. The molecule has 2 rings (SSSR count). The van der Waals surface area contributed by atoms with E-state index >= 15 is 0 Å². The largest absolute Gasteiger partial charge is 0.495 e. The van der Waals surface area contributed by atoms with Crippen LogP contribution in [0.2, 0.25) is 0 Å². The Labute approximate surface area is 103 Å². The summed E-state index contributed by atoms with van der Waals surface area (Å²) in [6.07, 6.45) is 0. The summed E-state index contributed by atoms with van der Waals surface area (Å²) in [5.41, 5.74) is 7.37. The second-order valence-corrected chi connectivity index (χ2v) is 4.17. The number of carbonyl (C=O) groups excluding carboxylic acids is 1. The first-order valence-electron chi connectivity index (χ1n) is 4.98. The van der Waals surface area contributed by atoms with E-state index in [9.17, 15) is 4.79 Å². The van der Waals surface area contributed by atoms with Gasteiger partial charge in [-0.2, -0.15) is 11.3 Å². The first kappa shape index (κ1) is 11.5. The highest BCUT2D eigenvalue weighted by Crippen LogP contribution is 2.25. The molecule has 0 saturated heterocycles. The fourth-order valence-corrected chi connectivity index (χ4v) is 2.04. The van der Waals surface area contributed by atoms with E-state index in [-0.39, 0.29) is 5.91 Å². The molecule has 0 aliphatic heterocycles. The zero-order valence-corrected chi connectivity index (χ0v) is 10.1. The predicted octanol–water partition coefficient (Wildman–Crippen LogP) is 2.59. The molecule has 0 aliphatic rings. The second-order valence-electron chi connectivity index (χ2n) is 3.39. The molecule has 1 amide bonds. The van der Waals surface area contributed by atoms with Gasteiger partial charge >= 0.3 is 0 Å². The minimum absolute atomic E-state index is 0.236. The number of nitrogens with one attached hydrogen (secondary N) is 1. The molecule has 0 fully saturated rings. The summed E-state index contributed by atoms with van der Waals surface area (Å²) < 4.78 is 5.07. The van der Waals surface area contributed by atoms with Gasteiger partial charge in [0.1, 0.15) is 5.75 Å². The van der Waals surface area contributed by atoms with Gasteiger partial charge in [0.15, 0.2) is 0 Å². The number of ether oxygens (including phenoxy) is 1. The summed E-state index contributed by atoms with van der Waals surface area (Å²) in [6.45, 7) is 0. The molecule has 0 atom stereocenters. The highest BCUT2D eigenvalue weighted by atomic mass is 32.1. The third-order valence-electron chi connectivity index (χ3n) is 2.31. The topological polar surface area (TPSA) is 64.3 Å². The average molecular weight is 248 g/mol. The van der Waals surface area contributed by atoms with Crippen LogP contribution in [0.3, 0.4) is 0 Å². The fourth-order valence-electron chi connectivity index (χ4n) is 1.45. The van der Waals surface area contributed by atoms with Gasteiger partial charge in [-0.25, -0.2) is 0 Å². The quantitative estimate of drug-likeness (QED) is 0.820. The van der Waals surface area contributed by atoms with Gasteiger partial charge < -0.3 is 15.8 Å². The van der Waals surface area contributed by atoms with Crippen LogP contribution in [0.25, 0.3) is 0 Å². The van der Waals surface area contributed by atoms with Gasteiger partial charge in [-0.3, -0.25) is 4.79 Å². The van der Waals surface area contributed by atoms with Crippen molar-refractivity contribution >= 4 is 28.6 Å². The van der Waals surface area contributed by atoms with Crippen LogP contribution in [-0.2, 0) is 0 Å². The Morgan fingerprint density at radius 3 is 2.88 bits per heavy atom. The Morgan fingerprint density at radius 2 is 2.24 bits per heavy atom. The fraction of sp³-hybridized carbons (Fsp3) is 0.0833. The molecule has 0 aliphatic carbocycles. The summed E-state index contributed by atoms with van der Waals surface area (Å²) in [5.74, 6) is 0.266. The number of hydrogen-bond acceptors (Lipinski definition) is 4. The molecule has 1 heterocycles. The Bertz CT molecular complexity index is 523. The number of amides is 1. The van der Waals surface area contributed by atoms with E-state index in [1.807, 2.05) is 16.8 Å². The van der Waals surface area contributed by atoms with Crippen molar-refractivity contribution in [3.05, 3.63) is 40.6 Å². The monoisotopic (exact) mass is 248 g/mol. The molecule has 1 aromatic carbocycles. The van der Waals surface area contributed by atoms with Gasteiger partial charge in [0, 0.05) is 5.38 Å². The maximum absolute atomic E-state index is 12.0. The standard InChI is InChI=1S/C12H12N2O2S/c1-16-10-4-2-3-9(11(10)13)12(15)14-8-5-6-17-7-8/h2-7H,13H2,1H3,(H,14,15). The van der Waals surface area contributed by atoms with Crippen LogP contribution < -0.4 is 15.8 Å². The molecule has 0 spiro atoms. The highest BCUT2D eigenvalue weighted by Gasteiger charge is 2.13. The van der Waals surface area contributed by atoms with Crippen LogP contribution >= 0.6 is 11.3 Å². The van der Waals surface area contributed by atoms with E-state index in [2.05, 4.69) is 5.32 Å². The first-order valence-corrected chi connectivity index (χ1v) is 5.92. The molecule has 4 nitrogen and oxygen atoms in total. The van der Waals surface area contributed by atoms with E-state index in [0.29, 0.717) is 17.0 Å². The van der Waals surface area contributed by atoms with Gasteiger partial charge in [-0.15, -0.1) is 0 Å². The van der Waals surface area contributed by atoms with Crippen LogP contribution in [0.5, 0.6) is 5.75 Å². The van der Waals surface area contributed by atoms with Crippen molar-refractivity contribution in [1.82, 2.24) is 0 Å². The third-order valence-corrected chi connectivity index (χ3v) is 2.99. The molecule has 1 aromatic heterocycles. The average Bonchev–Trinajstić information content (AvgIpc) is 2.82. The minimum Gasteiger partial charge on any atom is -0.495 e. The minimum atomic E-state index is -0.236. The molecule has 17 heavy (non-hydrogen) atoms. The number of anilines is 2. The number of carbonyl (C=O) groups is 1. The molecule has 5 heteroatoms. The highest BCUT2D eigenvalue weighted by molar-refractivity contribution is 7.08. The number of nitrogen functional groups attached to an aromatic ring is 1. The second kappa shape index (κ2) is 4.88. The molecule has 0 unspecified atom stereocenters. The van der Waals surface area contributed by atoms with Crippen molar-refractivity contribution in [1.29, 1.82) is 0 Å². The molecule has 0 radical (unpaired) electrons. The Balaban J connectivity index is 2.25. The van der Waals surface area contributed by atoms with Crippen molar-refractivity contribution in [2.24, 2.45) is 0 Å². The zero-order chi connectivity index (χ0) is 12.3. The van der Waals surface area contributed by atoms with E-state index in [1.165, 1.54) is 18.4 Å². The van der Waals surface area contributed by atoms with Crippen LogP contribution in [-0.4, -0.2) is 13.0 Å². The van der Waals surface area contributed by atoms with Gasteiger partial charge in [-0.05, 0) is 23.6 Å².